The van der Waals surface area contributed by atoms with Crippen molar-refractivity contribution in [3.8, 4) is 0 Å². The maximum atomic E-state index is 11.9. The Morgan fingerprint density at radius 2 is 2.10 bits per heavy atom. The second kappa shape index (κ2) is 6.64. The van der Waals surface area contributed by atoms with E-state index >= 15 is 0 Å². The summed E-state index contributed by atoms with van der Waals surface area (Å²) in [6.45, 7) is 4.21. The van der Waals surface area contributed by atoms with E-state index in [2.05, 4.69) is 12.2 Å². The SMILES string of the molecule is CC1(CNC(=O)Cc2ccc(S(=O)(=O)Cl)s2)CCOCC1. The monoisotopic (exact) mass is 351 g/mol. The lowest BCUT2D eigenvalue weighted by molar-refractivity contribution is -0.121. The van der Waals surface area contributed by atoms with Gasteiger partial charge in [0.15, 0.2) is 0 Å². The minimum Gasteiger partial charge on any atom is -0.381 e. The van der Waals surface area contributed by atoms with Gasteiger partial charge in [-0.1, -0.05) is 6.92 Å². The molecule has 0 unspecified atom stereocenters. The van der Waals surface area contributed by atoms with Crippen molar-refractivity contribution < 1.29 is 17.9 Å². The van der Waals surface area contributed by atoms with Crippen LogP contribution in [0.5, 0.6) is 0 Å². The smallest absolute Gasteiger partial charge is 0.270 e. The Morgan fingerprint density at radius 3 is 2.67 bits per heavy atom. The molecule has 5 nitrogen and oxygen atoms in total. The average Bonchev–Trinajstić information content (AvgIpc) is 2.86. The van der Waals surface area contributed by atoms with Gasteiger partial charge >= 0.3 is 0 Å². The van der Waals surface area contributed by atoms with Crippen LogP contribution < -0.4 is 5.32 Å². The van der Waals surface area contributed by atoms with Crippen molar-refractivity contribution in [1.82, 2.24) is 5.32 Å². The van der Waals surface area contributed by atoms with E-state index in [1.165, 1.54) is 6.07 Å². The lowest BCUT2D eigenvalue weighted by Gasteiger charge is -2.33. The van der Waals surface area contributed by atoms with Gasteiger partial charge in [0.1, 0.15) is 4.21 Å². The van der Waals surface area contributed by atoms with E-state index in [4.69, 9.17) is 15.4 Å². The molecule has 0 radical (unpaired) electrons. The summed E-state index contributed by atoms with van der Waals surface area (Å²) in [6.07, 6.45) is 2.03. The highest BCUT2D eigenvalue weighted by Crippen LogP contribution is 2.29. The molecule has 0 atom stereocenters. The molecule has 118 valence electrons. The maximum absolute atomic E-state index is 11.9. The van der Waals surface area contributed by atoms with Crippen molar-refractivity contribution in [3.05, 3.63) is 17.0 Å². The van der Waals surface area contributed by atoms with Crippen LogP contribution in [0.25, 0.3) is 0 Å². The van der Waals surface area contributed by atoms with Gasteiger partial charge in [-0.05, 0) is 30.4 Å². The number of rotatable bonds is 5. The fourth-order valence-electron chi connectivity index (χ4n) is 2.16. The van der Waals surface area contributed by atoms with E-state index in [1.54, 1.807) is 6.07 Å². The van der Waals surface area contributed by atoms with Crippen molar-refractivity contribution in [2.45, 2.75) is 30.4 Å². The van der Waals surface area contributed by atoms with E-state index < -0.39 is 9.05 Å². The van der Waals surface area contributed by atoms with Gasteiger partial charge in [0.2, 0.25) is 5.91 Å². The fourth-order valence-corrected chi connectivity index (χ4v) is 4.28. The molecule has 1 aromatic rings. The van der Waals surface area contributed by atoms with Crippen LogP contribution in [-0.2, 0) is 25.0 Å². The number of halogens is 1. The van der Waals surface area contributed by atoms with E-state index in [0.29, 0.717) is 11.4 Å². The Bertz CT molecular complexity index is 605. The summed E-state index contributed by atoms with van der Waals surface area (Å²) in [5, 5.41) is 2.92. The van der Waals surface area contributed by atoms with Crippen molar-refractivity contribution in [2.24, 2.45) is 5.41 Å². The molecule has 1 aliphatic rings. The molecule has 1 amide bonds. The van der Waals surface area contributed by atoms with Crippen molar-refractivity contribution in [1.29, 1.82) is 0 Å². The summed E-state index contributed by atoms with van der Waals surface area (Å²) >= 11 is 1.03. The molecule has 8 heteroatoms. The van der Waals surface area contributed by atoms with E-state index in [0.717, 1.165) is 37.4 Å². The molecule has 1 N–H and O–H groups in total. The molecular formula is C13H18ClNO4S2. The first-order chi connectivity index (χ1) is 9.78. The Balaban J connectivity index is 1.86. The van der Waals surface area contributed by atoms with Gasteiger partial charge in [0, 0.05) is 35.3 Å². The predicted molar refractivity (Wildman–Crippen MR) is 82.2 cm³/mol. The summed E-state index contributed by atoms with van der Waals surface area (Å²) in [4.78, 5) is 12.6. The van der Waals surface area contributed by atoms with Crippen LogP contribution in [0.1, 0.15) is 24.6 Å². The normalized spacial score (nSPS) is 18.4. The number of amides is 1. The summed E-state index contributed by atoms with van der Waals surface area (Å²) in [5.74, 6) is -0.108. The third-order valence-corrected chi connectivity index (χ3v) is 6.80. The molecule has 21 heavy (non-hydrogen) atoms. The van der Waals surface area contributed by atoms with Crippen LogP contribution in [-0.4, -0.2) is 34.1 Å². The third-order valence-electron chi connectivity index (χ3n) is 3.62. The Morgan fingerprint density at radius 1 is 1.43 bits per heavy atom. The number of carbonyl (C=O) groups is 1. The molecule has 0 spiro atoms. The minimum atomic E-state index is -3.71. The molecule has 2 heterocycles. The number of nitrogens with one attached hydrogen (secondary N) is 1. The molecule has 1 fully saturated rings. The number of carbonyl (C=O) groups excluding carboxylic acids is 1. The topological polar surface area (TPSA) is 72.5 Å². The van der Waals surface area contributed by atoms with E-state index in [-0.39, 0.29) is 22.0 Å². The van der Waals surface area contributed by atoms with Gasteiger partial charge in [0.25, 0.3) is 9.05 Å². The zero-order valence-electron chi connectivity index (χ0n) is 11.7. The molecule has 0 aliphatic carbocycles. The molecular weight excluding hydrogens is 334 g/mol. The number of hydrogen-bond donors (Lipinski definition) is 1. The highest BCUT2D eigenvalue weighted by Gasteiger charge is 2.27. The van der Waals surface area contributed by atoms with Crippen LogP contribution >= 0.6 is 22.0 Å². The molecule has 2 rings (SSSR count). The lowest BCUT2D eigenvalue weighted by atomic mass is 9.82. The van der Waals surface area contributed by atoms with Crippen LogP contribution in [0.3, 0.4) is 0 Å². The first-order valence-electron chi connectivity index (χ1n) is 6.66. The van der Waals surface area contributed by atoms with Crippen molar-refractivity contribution >= 4 is 37.0 Å². The van der Waals surface area contributed by atoms with Crippen LogP contribution in [0.4, 0.5) is 0 Å². The molecule has 1 aliphatic heterocycles. The summed E-state index contributed by atoms with van der Waals surface area (Å²) in [6, 6.07) is 3.05. The summed E-state index contributed by atoms with van der Waals surface area (Å²) in [5.41, 5.74) is 0.0774. The molecule has 0 bridgehead atoms. The molecule has 1 aromatic heterocycles. The van der Waals surface area contributed by atoms with Crippen molar-refractivity contribution in [3.63, 3.8) is 0 Å². The third kappa shape index (κ3) is 4.95. The Labute approximate surface area is 133 Å². The van der Waals surface area contributed by atoms with Gasteiger partial charge in [-0.25, -0.2) is 8.42 Å². The second-order valence-corrected chi connectivity index (χ2v) is 9.50. The van der Waals surface area contributed by atoms with Crippen molar-refractivity contribution in [2.75, 3.05) is 19.8 Å². The first-order valence-corrected chi connectivity index (χ1v) is 9.79. The van der Waals surface area contributed by atoms with Gasteiger partial charge in [0.05, 0.1) is 6.42 Å². The number of thiophene rings is 1. The van der Waals surface area contributed by atoms with Gasteiger partial charge in [-0.2, -0.15) is 0 Å². The second-order valence-electron chi connectivity index (χ2n) is 5.54. The lowest BCUT2D eigenvalue weighted by Crippen LogP contribution is -2.39. The highest BCUT2D eigenvalue weighted by molar-refractivity contribution is 8.15. The van der Waals surface area contributed by atoms with E-state index in [1.807, 2.05) is 0 Å². The predicted octanol–water partition coefficient (Wildman–Crippen LogP) is 2.15. The molecule has 0 aromatic carbocycles. The zero-order chi connectivity index (χ0) is 15.5. The zero-order valence-corrected chi connectivity index (χ0v) is 14.1. The van der Waals surface area contributed by atoms with Gasteiger partial charge in [-0.15, -0.1) is 11.3 Å². The highest BCUT2D eigenvalue weighted by atomic mass is 35.7. The largest absolute Gasteiger partial charge is 0.381 e. The number of hydrogen-bond acceptors (Lipinski definition) is 5. The molecule has 0 saturated carbocycles. The number of ether oxygens (including phenoxy) is 1. The Hall–Kier alpha value is -0.630. The van der Waals surface area contributed by atoms with Crippen LogP contribution in [0, 0.1) is 5.41 Å². The van der Waals surface area contributed by atoms with E-state index in [9.17, 15) is 13.2 Å². The van der Waals surface area contributed by atoms with Gasteiger partial charge in [-0.3, -0.25) is 4.79 Å². The molecule has 1 saturated heterocycles. The fraction of sp³-hybridized carbons (Fsp3) is 0.615. The maximum Gasteiger partial charge on any atom is 0.270 e. The van der Waals surface area contributed by atoms with Crippen LogP contribution in [0.15, 0.2) is 16.3 Å². The van der Waals surface area contributed by atoms with Crippen LogP contribution in [0.2, 0.25) is 0 Å². The first kappa shape index (κ1) is 16.7. The van der Waals surface area contributed by atoms with Gasteiger partial charge < -0.3 is 10.1 Å². The average molecular weight is 352 g/mol. The standard InChI is InChI=1S/C13H18ClNO4S2/c1-13(4-6-19-7-5-13)9-15-11(16)8-10-2-3-12(20-10)21(14,17)18/h2-3H,4-9H2,1H3,(H,15,16). The quantitative estimate of drug-likeness (QED) is 0.825. The minimum absolute atomic E-state index is 0.0726. The Kier molecular flexibility index (Phi) is 5.29. The summed E-state index contributed by atoms with van der Waals surface area (Å²) < 4.78 is 27.7. The summed E-state index contributed by atoms with van der Waals surface area (Å²) in [7, 11) is 1.55.